The smallest absolute Gasteiger partial charge is 0.315 e. The molecule has 2 aromatic carbocycles. The summed E-state index contributed by atoms with van der Waals surface area (Å²) in [7, 11) is 1.49. The fraction of sp³-hybridized carbons (Fsp3) is 0.417. The van der Waals surface area contributed by atoms with Gasteiger partial charge in [0.2, 0.25) is 0 Å². The number of rotatable bonds is 6. The first-order chi connectivity index (χ1) is 15.3. The Morgan fingerprint density at radius 2 is 2.06 bits per heavy atom. The van der Waals surface area contributed by atoms with Crippen LogP contribution in [0.1, 0.15) is 50.0 Å². The van der Waals surface area contributed by atoms with Gasteiger partial charge in [-0.05, 0) is 56.4 Å². The van der Waals surface area contributed by atoms with Gasteiger partial charge in [0.25, 0.3) is 0 Å². The van der Waals surface area contributed by atoms with E-state index in [1.54, 1.807) is 12.1 Å². The Bertz CT molecular complexity index is 1050. The van der Waals surface area contributed by atoms with Crippen molar-refractivity contribution in [3.63, 3.8) is 0 Å². The van der Waals surface area contributed by atoms with Crippen LogP contribution in [0, 0.1) is 5.82 Å². The molecular formula is C24H29FN4O3. The zero-order valence-corrected chi connectivity index (χ0v) is 18.3. The molecule has 1 saturated carbocycles. The van der Waals surface area contributed by atoms with E-state index in [2.05, 4.69) is 20.6 Å². The van der Waals surface area contributed by atoms with Crippen LogP contribution in [-0.4, -0.2) is 39.9 Å². The molecule has 1 aliphatic carbocycles. The third-order valence-corrected chi connectivity index (χ3v) is 6.13. The number of aromatic amines is 1. The third kappa shape index (κ3) is 5.19. The summed E-state index contributed by atoms with van der Waals surface area (Å²) in [5.74, 6) is 0.593. The molecule has 0 spiro atoms. The van der Waals surface area contributed by atoms with Crippen LogP contribution in [0.15, 0.2) is 42.5 Å². The number of aliphatic hydroxyl groups is 1. The second kappa shape index (κ2) is 9.16. The Morgan fingerprint density at radius 1 is 1.31 bits per heavy atom. The van der Waals surface area contributed by atoms with Gasteiger partial charge in [0.05, 0.1) is 29.8 Å². The topological polar surface area (TPSA) is 99.3 Å². The van der Waals surface area contributed by atoms with Gasteiger partial charge < -0.3 is 25.5 Å². The lowest BCUT2D eigenvalue weighted by Gasteiger charge is -2.33. The van der Waals surface area contributed by atoms with Gasteiger partial charge in [0.15, 0.2) is 0 Å². The van der Waals surface area contributed by atoms with E-state index in [1.165, 1.54) is 13.2 Å². The van der Waals surface area contributed by atoms with Crippen LogP contribution in [0.5, 0.6) is 5.75 Å². The predicted molar refractivity (Wildman–Crippen MR) is 120 cm³/mol. The number of hydrogen-bond acceptors (Lipinski definition) is 4. The van der Waals surface area contributed by atoms with E-state index in [0.29, 0.717) is 42.8 Å². The molecule has 170 valence electrons. The standard InChI is InChI=1S/C24H29FN4O3/c1-24(31)11-9-16(10-12-24)26-23(30)29-21(13-15-7-8-17(32-2)14-18(15)25)22-27-19-5-3-4-6-20(19)28-22/h3-8,14,16,21,31H,9-13H2,1-2H3,(H,27,28)(H2,26,29,30)/t16-,21?,24+. The number of para-hydroxylation sites is 2. The Kier molecular flexibility index (Phi) is 6.32. The summed E-state index contributed by atoms with van der Waals surface area (Å²) < 4.78 is 19.7. The zero-order chi connectivity index (χ0) is 22.7. The molecule has 32 heavy (non-hydrogen) atoms. The van der Waals surface area contributed by atoms with Gasteiger partial charge in [-0.2, -0.15) is 0 Å². The van der Waals surface area contributed by atoms with Gasteiger partial charge in [0.1, 0.15) is 17.4 Å². The van der Waals surface area contributed by atoms with Gasteiger partial charge in [0, 0.05) is 18.5 Å². The van der Waals surface area contributed by atoms with E-state index in [-0.39, 0.29) is 18.5 Å². The molecule has 1 fully saturated rings. The van der Waals surface area contributed by atoms with Crippen molar-refractivity contribution >= 4 is 17.1 Å². The summed E-state index contributed by atoms with van der Waals surface area (Å²) in [4.78, 5) is 20.7. The first-order valence-corrected chi connectivity index (χ1v) is 10.9. The lowest BCUT2D eigenvalue weighted by Crippen LogP contribution is -2.47. The predicted octanol–water partition coefficient (Wildman–Crippen LogP) is 3.99. The molecule has 8 heteroatoms. The first-order valence-electron chi connectivity index (χ1n) is 10.9. The van der Waals surface area contributed by atoms with E-state index in [1.807, 2.05) is 31.2 Å². The molecule has 1 aliphatic rings. The van der Waals surface area contributed by atoms with E-state index in [9.17, 15) is 14.3 Å². The zero-order valence-electron chi connectivity index (χ0n) is 18.3. The van der Waals surface area contributed by atoms with Crippen LogP contribution < -0.4 is 15.4 Å². The first kappa shape index (κ1) is 22.1. The minimum absolute atomic E-state index is 0.00993. The number of fused-ring (bicyclic) bond motifs is 1. The molecule has 0 saturated heterocycles. The number of amides is 2. The number of benzene rings is 2. The van der Waals surface area contributed by atoms with Crippen LogP contribution in [0.3, 0.4) is 0 Å². The summed E-state index contributed by atoms with van der Waals surface area (Å²) in [5.41, 5.74) is 1.40. The van der Waals surface area contributed by atoms with Crippen LogP contribution in [0.4, 0.5) is 9.18 Å². The van der Waals surface area contributed by atoms with Gasteiger partial charge in [-0.3, -0.25) is 0 Å². The molecule has 2 amide bonds. The minimum Gasteiger partial charge on any atom is -0.497 e. The number of nitrogens with zero attached hydrogens (tertiary/aromatic N) is 1. The maximum atomic E-state index is 14.6. The number of methoxy groups -OCH3 is 1. The van der Waals surface area contributed by atoms with Gasteiger partial charge in [-0.15, -0.1) is 0 Å². The molecule has 1 aromatic heterocycles. The quantitative estimate of drug-likeness (QED) is 0.466. The minimum atomic E-state index is -0.669. The Hall–Kier alpha value is -3.13. The Labute approximate surface area is 186 Å². The highest BCUT2D eigenvalue weighted by Gasteiger charge is 2.30. The highest BCUT2D eigenvalue weighted by atomic mass is 19.1. The van der Waals surface area contributed by atoms with E-state index in [4.69, 9.17) is 4.74 Å². The second-order valence-corrected chi connectivity index (χ2v) is 8.74. The normalized spacial score (nSPS) is 21.8. The number of ether oxygens (including phenoxy) is 1. The van der Waals surface area contributed by atoms with Crippen molar-refractivity contribution in [2.24, 2.45) is 0 Å². The summed E-state index contributed by atoms with van der Waals surface area (Å²) in [5, 5.41) is 16.1. The van der Waals surface area contributed by atoms with Crippen molar-refractivity contribution < 1.29 is 19.0 Å². The largest absolute Gasteiger partial charge is 0.497 e. The van der Waals surface area contributed by atoms with Crippen molar-refractivity contribution in [2.75, 3.05) is 7.11 Å². The van der Waals surface area contributed by atoms with Crippen LogP contribution in [-0.2, 0) is 6.42 Å². The van der Waals surface area contributed by atoms with E-state index < -0.39 is 17.5 Å². The maximum Gasteiger partial charge on any atom is 0.315 e. The molecule has 0 radical (unpaired) electrons. The molecule has 4 N–H and O–H groups in total. The van der Waals surface area contributed by atoms with E-state index in [0.717, 1.165) is 11.0 Å². The molecule has 4 rings (SSSR count). The molecular weight excluding hydrogens is 411 g/mol. The van der Waals surface area contributed by atoms with Crippen LogP contribution in [0.2, 0.25) is 0 Å². The van der Waals surface area contributed by atoms with Crippen molar-refractivity contribution in [3.05, 3.63) is 59.7 Å². The van der Waals surface area contributed by atoms with E-state index >= 15 is 0 Å². The SMILES string of the molecule is COc1ccc(CC(NC(=O)N[C@H]2CC[C@@](C)(O)CC2)c2nc3ccccc3[nH]2)c(F)c1. The average molecular weight is 441 g/mol. The Balaban J connectivity index is 1.52. The molecule has 3 aromatic rings. The number of nitrogens with one attached hydrogen (secondary N) is 3. The second-order valence-electron chi connectivity index (χ2n) is 8.74. The van der Waals surface area contributed by atoms with Crippen molar-refractivity contribution in [1.29, 1.82) is 0 Å². The molecule has 7 nitrogen and oxygen atoms in total. The molecule has 0 aliphatic heterocycles. The summed E-state index contributed by atoms with van der Waals surface area (Å²) >= 11 is 0. The number of H-pyrrole nitrogens is 1. The van der Waals surface area contributed by atoms with Crippen molar-refractivity contribution in [1.82, 2.24) is 20.6 Å². The number of hydrogen-bond donors (Lipinski definition) is 4. The fourth-order valence-electron chi connectivity index (χ4n) is 4.16. The monoisotopic (exact) mass is 440 g/mol. The molecule has 1 unspecified atom stereocenters. The molecule has 1 atom stereocenters. The maximum absolute atomic E-state index is 14.6. The van der Waals surface area contributed by atoms with Gasteiger partial charge in [-0.25, -0.2) is 14.2 Å². The van der Waals surface area contributed by atoms with Gasteiger partial charge >= 0.3 is 6.03 Å². The number of carbonyl (C=O) groups excluding carboxylic acids is 1. The fourth-order valence-corrected chi connectivity index (χ4v) is 4.16. The summed E-state index contributed by atoms with van der Waals surface area (Å²) in [6.07, 6.45) is 2.93. The number of carbonyl (C=O) groups is 1. The summed E-state index contributed by atoms with van der Waals surface area (Å²) in [6.45, 7) is 1.82. The number of urea groups is 1. The average Bonchev–Trinajstić information content (AvgIpc) is 3.20. The Morgan fingerprint density at radius 3 is 2.75 bits per heavy atom. The van der Waals surface area contributed by atoms with Crippen molar-refractivity contribution in [3.8, 4) is 5.75 Å². The van der Waals surface area contributed by atoms with Gasteiger partial charge in [-0.1, -0.05) is 18.2 Å². The van der Waals surface area contributed by atoms with Crippen LogP contribution >= 0.6 is 0 Å². The number of imidazole rings is 1. The highest BCUT2D eigenvalue weighted by molar-refractivity contribution is 5.76. The highest BCUT2D eigenvalue weighted by Crippen LogP contribution is 2.28. The lowest BCUT2D eigenvalue weighted by atomic mass is 9.84. The van der Waals surface area contributed by atoms with Crippen LogP contribution in [0.25, 0.3) is 11.0 Å². The molecule has 0 bridgehead atoms. The number of aromatic nitrogens is 2. The van der Waals surface area contributed by atoms with Crippen molar-refractivity contribution in [2.45, 2.75) is 56.7 Å². The number of halogens is 1. The molecule has 1 heterocycles. The lowest BCUT2D eigenvalue weighted by molar-refractivity contribution is 0.0151. The summed E-state index contributed by atoms with van der Waals surface area (Å²) in [6, 6.07) is 11.4. The third-order valence-electron chi connectivity index (χ3n) is 6.13.